The maximum atomic E-state index is 11.5. The Bertz CT molecular complexity index is 629. The van der Waals surface area contributed by atoms with Crippen LogP contribution >= 0.6 is 0 Å². The van der Waals surface area contributed by atoms with Gasteiger partial charge in [0.1, 0.15) is 20.8 Å². The van der Waals surface area contributed by atoms with Crippen molar-refractivity contribution in [1.82, 2.24) is 0 Å². The number of benzene rings is 1. The molecule has 1 rings (SSSR count). The highest BCUT2D eigenvalue weighted by Crippen LogP contribution is 2.41. The summed E-state index contributed by atoms with van der Waals surface area (Å²) in [6.07, 6.45) is 0. The molecule has 1 aromatic rings. The molecule has 0 aromatic heterocycles. The van der Waals surface area contributed by atoms with Crippen molar-refractivity contribution in [3.63, 3.8) is 0 Å². The summed E-state index contributed by atoms with van der Waals surface area (Å²) < 4.78 is 34.6. The highest BCUT2D eigenvalue weighted by atomic mass is 32.2. The molecule has 0 heterocycles. The van der Waals surface area contributed by atoms with Gasteiger partial charge in [-0.1, -0.05) is 47.6 Å². The first-order valence-corrected chi connectivity index (χ1v) is 7.91. The number of hydrogen-bond acceptors (Lipinski definition) is 4. The summed E-state index contributed by atoms with van der Waals surface area (Å²) in [6.45, 7) is 13.0. The Morgan fingerprint density at radius 1 is 1.00 bits per heavy atom. The number of aromatic hydroxyl groups is 1. The predicted octanol–water partition coefficient (Wildman–Crippen LogP) is 3.20. The van der Waals surface area contributed by atoms with E-state index in [1.807, 2.05) is 41.5 Å². The molecule has 4 nitrogen and oxygen atoms in total. The molecule has 0 amide bonds. The first kappa shape index (κ1) is 17.0. The van der Waals surface area contributed by atoms with Crippen LogP contribution < -0.4 is 0 Å². The van der Waals surface area contributed by atoms with Crippen LogP contribution in [0, 0.1) is 6.92 Å². The normalized spacial score (nSPS) is 13.6. The lowest BCUT2D eigenvalue weighted by atomic mass is 9.78. The van der Waals surface area contributed by atoms with Crippen LogP contribution in [0.25, 0.3) is 0 Å². The largest absolute Gasteiger partial charge is 0.744 e. The van der Waals surface area contributed by atoms with Crippen LogP contribution in [-0.4, -0.2) is 18.1 Å². The van der Waals surface area contributed by atoms with E-state index in [2.05, 4.69) is 0 Å². The molecule has 0 saturated heterocycles. The summed E-state index contributed by atoms with van der Waals surface area (Å²) in [4.78, 5) is -0.490. The van der Waals surface area contributed by atoms with Crippen LogP contribution in [0.15, 0.2) is 11.0 Å². The van der Waals surface area contributed by atoms with Crippen LogP contribution in [0.1, 0.15) is 58.2 Å². The van der Waals surface area contributed by atoms with Gasteiger partial charge in [-0.3, -0.25) is 0 Å². The van der Waals surface area contributed by atoms with Gasteiger partial charge in [-0.05, 0) is 34.4 Å². The second-order valence-corrected chi connectivity index (χ2v) is 8.55. The molecular formula is C15H23O4S-. The minimum Gasteiger partial charge on any atom is -0.744 e. The van der Waals surface area contributed by atoms with E-state index >= 15 is 0 Å². The van der Waals surface area contributed by atoms with E-state index in [0.717, 1.165) is 5.56 Å². The maximum absolute atomic E-state index is 11.5. The molecule has 20 heavy (non-hydrogen) atoms. The fourth-order valence-electron chi connectivity index (χ4n) is 2.33. The Kier molecular flexibility index (Phi) is 4.02. The second-order valence-electron chi connectivity index (χ2n) is 7.23. The molecule has 0 radical (unpaired) electrons. The van der Waals surface area contributed by atoms with Crippen LogP contribution in [0.2, 0.25) is 0 Å². The fourth-order valence-corrected chi connectivity index (χ4v) is 3.36. The van der Waals surface area contributed by atoms with E-state index in [4.69, 9.17) is 0 Å². The van der Waals surface area contributed by atoms with Crippen LogP contribution in [0.4, 0.5) is 0 Å². The minimum absolute atomic E-state index is 0.257. The lowest BCUT2D eigenvalue weighted by Crippen LogP contribution is -2.21. The van der Waals surface area contributed by atoms with E-state index in [9.17, 15) is 18.1 Å². The van der Waals surface area contributed by atoms with Gasteiger partial charge < -0.3 is 9.66 Å². The Balaban J connectivity index is 3.95. The van der Waals surface area contributed by atoms with Crippen LogP contribution in [0.5, 0.6) is 5.75 Å². The van der Waals surface area contributed by atoms with Crippen molar-refractivity contribution in [2.24, 2.45) is 0 Å². The summed E-state index contributed by atoms with van der Waals surface area (Å²) in [5.41, 5.74) is 0.831. The molecule has 1 aromatic carbocycles. The van der Waals surface area contributed by atoms with Crippen molar-refractivity contribution < 1.29 is 18.1 Å². The van der Waals surface area contributed by atoms with Gasteiger partial charge in [-0.15, -0.1) is 0 Å². The molecule has 0 bridgehead atoms. The van der Waals surface area contributed by atoms with Gasteiger partial charge in [-0.2, -0.15) is 0 Å². The predicted molar refractivity (Wildman–Crippen MR) is 78.2 cm³/mol. The monoisotopic (exact) mass is 299 g/mol. The standard InChI is InChI=1S/C15H24O4S/c1-9-10(14(2,3)4)8-11(15(5,6)7)13(12(9)16)20(17,18)19/h8,16H,1-7H3,(H,17,18,19)/p-1. The SMILES string of the molecule is Cc1c(C(C)(C)C)cc(C(C)(C)C)c(S(=O)(=O)[O-])c1O. The topological polar surface area (TPSA) is 77.4 Å². The molecule has 0 unspecified atom stereocenters. The Labute approximate surface area is 121 Å². The van der Waals surface area contributed by atoms with Gasteiger partial charge >= 0.3 is 0 Å². The van der Waals surface area contributed by atoms with E-state index in [1.165, 1.54) is 0 Å². The fraction of sp³-hybridized carbons (Fsp3) is 0.600. The average Bonchev–Trinajstić information content (AvgIpc) is 2.15. The summed E-state index contributed by atoms with van der Waals surface area (Å²) in [5, 5.41) is 10.2. The zero-order valence-corrected chi connectivity index (χ0v) is 14.0. The average molecular weight is 299 g/mol. The molecule has 0 aliphatic rings. The van der Waals surface area contributed by atoms with Crippen molar-refractivity contribution in [1.29, 1.82) is 0 Å². The van der Waals surface area contributed by atoms with E-state index in [1.54, 1.807) is 13.0 Å². The van der Waals surface area contributed by atoms with Crippen LogP contribution in [-0.2, 0) is 20.9 Å². The number of phenols is 1. The van der Waals surface area contributed by atoms with E-state index in [0.29, 0.717) is 11.1 Å². The van der Waals surface area contributed by atoms with Crippen molar-refractivity contribution in [2.75, 3.05) is 0 Å². The van der Waals surface area contributed by atoms with Crippen molar-refractivity contribution in [3.05, 3.63) is 22.8 Å². The third kappa shape index (κ3) is 3.15. The molecule has 0 aliphatic carbocycles. The first-order chi connectivity index (χ1) is 8.67. The van der Waals surface area contributed by atoms with Gasteiger partial charge in [0.15, 0.2) is 0 Å². The zero-order chi connectivity index (χ0) is 16.1. The Morgan fingerprint density at radius 2 is 1.40 bits per heavy atom. The zero-order valence-electron chi connectivity index (χ0n) is 13.2. The third-order valence-electron chi connectivity index (χ3n) is 3.37. The first-order valence-electron chi connectivity index (χ1n) is 6.51. The van der Waals surface area contributed by atoms with Crippen molar-refractivity contribution in [2.45, 2.75) is 64.2 Å². The molecule has 0 saturated carbocycles. The Morgan fingerprint density at radius 3 is 1.70 bits per heavy atom. The molecule has 0 fully saturated rings. The van der Waals surface area contributed by atoms with E-state index < -0.39 is 26.2 Å². The smallest absolute Gasteiger partial charge is 0.136 e. The van der Waals surface area contributed by atoms with Crippen LogP contribution in [0.3, 0.4) is 0 Å². The number of hydrogen-bond donors (Lipinski definition) is 1. The lowest BCUT2D eigenvalue weighted by molar-refractivity contribution is 0.419. The molecule has 0 atom stereocenters. The molecule has 5 heteroatoms. The summed E-state index contributed by atoms with van der Waals surface area (Å²) in [7, 11) is -4.73. The summed E-state index contributed by atoms with van der Waals surface area (Å²) >= 11 is 0. The van der Waals surface area contributed by atoms with Gasteiger partial charge in [0, 0.05) is 0 Å². The van der Waals surface area contributed by atoms with Gasteiger partial charge in [-0.25, -0.2) is 8.42 Å². The molecule has 0 aliphatic heterocycles. The Hall–Kier alpha value is -1.07. The maximum Gasteiger partial charge on any atom is 0.136 e. The van der Waals surface area contributed by atoms with E-state index in [-0.39, 0.29) is 5.41 Å². The van der Waals surface area contributed by atoms with Crippen molar-refractivity contribution in [3.8, 4) is 5.75 Å². The number of phenolic OH excluding ortho intramolecular Hbond substituents is 1. The molecule has 1 N–H and O–H groups in total. The summed E-state index contributed by atoms with van der Waals surface area (Å²) in [6, 6.07) is 1.74. The van der Waals surface area contributed by atoms with Gasteiger partial charge in [0.05, 0.1) is 0 Å². The number of rotatable bonds is 1. The minimum atomic E-state index is -4.73. The highest BCUT2D eigenvalue weighted by molar-refractivity contribution is 7.86. The third-order valence-corrected chi connectivity index (χ3v) is 4.29. The quantitative estimate of drug-likeness (QED) is 0.808. The molecule has 114 valence electrons. The van der Waals surface area contributed by atoms with Crippen molar-refractivity contribution >= 4 is 10.1 Å². The highest BCUT2D eigenvalue weighted by Gasteiger charge is 2.29. The van der Waals surface area contributed by atoms with Gasteiger partial charge in [0.25, 0.3) is 0 Å². The molecule has 0 spiro atoms. The van der Waals surface area contributed by atoms with Gasteiger partial charge in [0.2, 0.25) is 0 Å². The molecular weight excluding hydrogens is 276 g/mol. The summed E-state index contributed by atoms with van der Waals surface area (Å²) in [5.74, 6) is -0.419. The lowest BCUT2D eigenvalue weighted by Gasteiger charge is -2.30. The second kappa shape index (κ2) is 4.74.